The molecule has 0 radical (unpaired) electrons. The van der Waals surface area contributed by atoms with Crippen molar-refractivity contribution in [3.63, 3.8) is 0 Å². The molecule has 3 atom stereocenters. The van der Waals surface area contributed by atoms with Crippen LogP contribution in [0, 0.1) is 0 Å². The molecule has 0 aromatic carbocycles. The smallest absolute Gasteiger partial charge is 0.326 e. The van der Waals surface area contributed by atoms with Crippen molar-refractivity contribution in [1.29, 1.82) is 0 Å². The number of carbonyl (C=O) groups is 7. The summed E-state index contributed by atoms with van der Waals surface area (Å²) in [7, 11) is 0. The number of rotatable bonds is 20. The molecule has 19 heteroatoms. The number of likely N-dealkylation sites (tertiary alicyclic amines) is 1. The van der Waals surface area contributed by atoms with Crippen LogP contribution < -0.4 is 49.5 Å². The number of amides is 6. The fraction of sp³-hybridized carbons (Fsp3) is 0.680. The second kappa shape index (κ2) is 20.4. The van der Waals surface area contributed by atoms with E-state index in [1.54, 1.807) is 0 Å². The van der Waals surface area contributed by atoms with Crippen molar-refractivity contribution in [2.24, 2.45) is 27.9 Å². The van der Waals surface area contributed by atoms with Gasteiger partial charge in [0.1, 0.15) is 18.1 Å². The van der Waals surface area contributed by atoms with E-state index in [2.05, 4.69) is 31.6 Å². The van der Waals surface area contributed by atoms with Gasteiger partial charge in [-0.25, -0.2) is 4.79 Å². The van der Waals surface area contributed by atoms with Crippen molar-refractivity contribution in [2.75, 3.05) is 45.8 Å². The molecule has 0 bridgehead atoms. The number of carbonyl (C=O) groups excluding carboxylic acids is 6. The summed E-state index contributed by atoms with van der Waals surface area (Å²) in [6.07, 6.45) is 2.40. The first-order valence-electron chi connectivity index (χ1n) is 14.3. The molecule has 1 fully saturated rings. The Morgan fingerprint density at radius 3 is 2.11 bits per heavy atom. The van der Waals surface area contributed by atoms with Crippen LogP contribution in [0.25, 0.3) is 0 Å². The van der Waals surface area contributed by atoms with Gasteiger partial charge in [-0.05, 0) is 51.5 Å². The van der Waals surface area contributed by atoms with Gasteiger partial charge >= 0.3 is 5.97 Å². The largest absolute Gasteiger partial charge is 0.480 e. The molecule has 0 aromatic rings. The minimum atomic E-state index is -1.27. The molecule has 1 aliphatic heterocycles. The number of aliphatic imine (C=N–C) groups is 1. The van der Waals surface area contributed by atoms with E-state index >= 15 is 0 Å². The molecule has 1 heterocycles. The number of carboxylic acids is 1. The van der Waals surface area contributed by atoms with Gasteiger partial charge in [0, 0.05) is 13.1 Å². The van der Waals surface area contributed by atoms with Gasteiger partial charge in [0.05, 0.1) is 26.2 Å². The van der Waals surface area contributed by atoms with Crippen molar-refractivity contribution < 1.29 is 38.7 Å². The Balaban J connectivity index is 2.68. The highest BCUT2D eigenvalue weighted by Gasteiger charge is 2.34. The van der Waals surface area contributed by atoms with Crippen LogP contribution in [0.4, 0.5) is 0 Å². The van der Waals surface area contributed by atoms with Gasteiger partial charge in [0.25, 0.3) is 0 Å². The zero-order chi connectivity index (χ0) is 33.1. The summed E-state index contributed by atoms with van der Waals surface area (Å²) in [5.41, 5.74) is 21.2. The van der Waals surface area contributed by atoms with Gasteiger partial charge < -0.3 is 59.5 Å². The van der Waals surface area contributed by atoms with Crippen LogP contribution in [0.5, 0.6) is 0 Å². The molecular weight excluding hydrogens is 582 g/mol. The van der Waals surface area contributed by atoms with Gasteiger partial charge in [0.2, 0.25) is 35.4 Å². The maximum absolute atomic E-state index is 12.9. The standard InChI is InChI=1S/C25H45N11O8/c26-8-2-1-5-15(22(41)35-16(24(43)44)6-3-9-30-25(28)29)34-20(39)13-33-23(42)17-7-4-10-36(17)21(40)14-32-19(38)12-31-18(37)11-27/h15-17H,1-14,26-27H2,(H,31,37)(H,32,38)(H,33,42)(H,34,39)(H,35,41)(H,43,44)(H4,28,29,30). The summed E-state index contributed by atoms with van der Waals surface area (Å²) >= 11 is 0. The van der Waals surface area contributed by atoms with Crippen LogP contribution >= 0.6 is 0 Å². The highest BCUT2D eigenvalue weighted by molar-refractivity contribution is 5.94. The van der Waals surface area contributed by atoms with Crippen LogP contribution in [0.3, 0.4) is 0 Å². The lowest BCUT2D eigenvalue weighted by molar-refractivity contribution is -0.142. The Labute approximate surface area is 254 Å². The summed E-state index contributed by atoms with van der Waals surface area (Å²) in [4.78, 5) is 90.7. The lowest BCUT2D eigenvalue weighted by Crippen LogP contribution is -2.54. The molecule has 0 spiro atoms. The van der Waals surface area contributed by atoms with E-state index in [0.717, 1.165) is 0 Å². The van der Waals surface area contributed by atoms with Crippen molar-refractivity contribution >= 4 is 47.4 Å². The first-order chi connectivity index (χ1) is 20.9. The number of aliphatic carboxylic acids is 1. The molecule has 14 N–H and O–H groups in total. The summed E-state index contributed by atoms with van der Waals surface area (Å²) in [6, 6.07) is -3.21. The lowest BCUT2D eigenvalue weighted by atomic mass is 10.1. The average molecular weight is 628 g/mol. The second-order valence-corrected chi connectivity index (χ2v) is 9.97. The number of nitrogens with two attached hydrogens (primary N) is 4. The Morgan fingerprint density at radius 2 is 1.48 bits per heavy atom. The van der Waals surface area contributed by atoms with Gasteiger partial charge in [-0.3, -0.25) is 33.8 Å². The normalized spacial score (nSPS) is 15.3. The number of nitrogens with one attached hydrogen (secondary N) is 5. The van der Waals surface area contributed by atoms with Crippen LogP contribution in [-0.2, 0) is 33.6 Å². The number of unbranched alkanes of at least 4 members (excludes halogenated alkanes) is 1. The minimum absolute atomic E-state index is 0.0442. The molecule has 44 heavy (non-hydrogen) atoms. The molecule has 1 aliphatic rings. The van der Waals surface area contributed by atoms with E-state index in [1.165, 1.54) is 4.90 Å². The first-order valence-corrected chi connectivity index (χ1v) is 14.3. The molecule has 0 aromatic heterocycles. The molecule has 0 aliphatic carbocycles. The zero-order valence-electron chi connectivity index (χ0n) is 24.6. The number of hydrogen-bond acceptors (Lipinski definition) is 10. The number of nitrogens with zero attached hydrogens (tertiary/aromatic N) is 2. The molecule has 3 unspecified atom stereocenters. The van der Waals surface area contributed by atoms with Crippen molar-refractivity contribution in [3.8, 4) is 0 Å². The Kier molecular flexibility index (Phi) is 17.4. The Bertz CT molecular complexity index is 1050. The summed E-state index contributed by atoms with van der Waals surface area (Å²) in [5, 5.41) is 21.5. The fourth-order valence-electron chi connectivity index (χ4n) is 4.25. The van der Waals surface area contributed by atoms with Gasteiger partial charge in [-0.2, -0.15) is 0 Å². The molecule has 1 saturated heterocycles. The summed E-state index contributed by atoms with van der Waals surface area (Å²) < 4.78 is 0. The zero-order valence-corrected chi connectivity index (χ0v) is 24.6. The van der Waals surface area contributed by atoms with Crippen LogP contribution in [-0.4, -0.2) is 121 Å². The lowest BCUT2D eigenvalue weighted by Gasteiger charge is -2.24. The van der Waals surface area contributed by atoms with Crippen LogP contribution in [0.2, 0.25) is 0 Å². The molecule has 19 nitrogen and oxygen atoms in total. The highest BCUT2D eigenvalue weighted by Crippen LogP contribution is 2.17. The number of guanidine groups is 1. The monoisotopic (exact) mass is 627 g/mol. The highest BCUT2D eigenvalue weighted by atomic mass is 16.4. The van der Waals surface area contributed by atoms with Gasteiger partial charge in [-0.15, -0.1) is 0 Å². The number of hydrogen-bond donors (Lipinski definition) is 10. The molecule has 1 rings (SSSR count). The third-order valence-corrected chi connectivity index (χ3v) is 6.53. The minimum Gasteiger partial charge on any atom is -0.480 e. The SMILES string of the molecule is NCCCCC(NC(=O)CNC(=O)C1CCCN1C(=O)CNC(=O)CNC(=O)CN)C(=O)NC(CCCN=C(N)N)C(=O)O. The van der Waals surface area contributed by atoms with Gasteiger partial charge in [0.15, 0.2) is 5.96 Å². The maximum atomic E-state index is 12.9. The van der Waals surface area contributed by atoms with E-state index in [1.807, 2.05) is 0 Å². The molecular formula is C25H45N11O8. The van der Waals surface area contributed by atoms with E-state index in [4.69, 9.17) is 22.9 Å². The van der Waals surface area contributed by atoms with E-state index < -0.39 is 72.6 Å². The summed E-state index contributed by atoms with van der Waals surface area (Å²) in [6.45, 7) is -0.751. The predicted molar refractivity (Wildman–Crippen MR) is 157 cm³/mol. The fourth-order valence-corrected chi connectivity index (χ4v) is 4.25. The Morgan fingerprint density at radius 1 is 0.818 bits per heavy atom. The topological polar surface area (TPSA) is 320 Å². The molecule has 6 amide bonds. The van der Waals surface area contributed by atoms with Crippen LogP contribution in [0.1, 0.15) is 44.9 Å². The van der Waals surface area contributed by atoms with Crippen LogP contribution in [0.15, 0.2) is 4.99 Å². The maximum Gasteiger partial charge on any atom is 0.326 e. The van der Waals surface area contributed by atoms with Gasteiger partial charge in [-0.1, -0.05) is 0 Å². The van der Waals surface area contributed by atoms with Crippen molar-refractivity contribution in [1.82, 2.24) is 31.5 Å². The Hall–Kier alpha value is -4.52. The van der Waals surface area contributed by atoms with E-state index in [0.29, 0.717) is 32.2 Å². The van der Waals surface area contributed by atoms with Crippen molar-refractivity contribution in [2.45, 2.75) is 63.1 Å². The third kappa shape index (κ3) is 14.6. The molecule has 0 saturated carbocycles. The third-order valence-electron chi connectivity index (χ3n) is 6.53. The van der Waals surface area contributed by atoms with E-state index in [9.17, 15) is 38.7 Å². The predicted octanol–water partition coefficient (Wildman–Crippen LogP) is -5.48. The molecule has 248 valence electrons. The average Bonchev–Trinajstić information content (AvgIpc) is 3.48. The summed E-state index contributed by atoms with van der Waals surface area (Å²) in [5.74, 6) is -5.08. The second-order valence-electron chi connectivity index (χ2n) is 9.97. The quantitative estimate of drug-likeness (QED) is 0.0343. The van der Waals surface area contributed by atoms with Crippen molar-refractivity contribution in [3.05, 3.63) is 0 Å². The first kappa shape index (κ1) is 37.5. The van der Waals surface area contributed by atoms with E-state index in [-0.39, 0.29) is 51.4 Å². The number of carboxylic acid groups (broad SMARTS) is 1.